The van der Waals surface area contributed by atoms with Crippen LogP contribution in [0.4, 0.5) is 0 Å². The lowest BCUT2D eigenvalue weighted by Gasteiger charge is -2.23. The molecule has 22 nitrogen and oxygen atoms in total. The van der Waals surface area contributed by atoms with E-state index < -0.39 is 46.0 Å². The molecule has 0 fully saturated rings. The largest absolute Gasteiger partial charge is 0.475 e. The molecule has 0 bridgehead atoms. The Balaban J connectivity index is 5.92. The van der Waals surface area contributed by atoms with Crippen molar-refractivity contribution in [3.8, 4) is 0 Å². The van der Waals surface area contributed by atoms with Crippen molar-refractivity contribution in [2.45, 2.75) is 445 Å². The molecule has 0 radical (unpaired) electrons. The number of esters is 2. The molecule has 0 heterocycles. The van der Waals surface area contributed by atoms with Gasteiger partial charge in [0.25, 0.3) is 0 Å². The van der Waals surface area contributed by atoms with Gasteiger partial charge in [-0.1, -0.05) is 336 Å². The average molecular weight is 1670 g/mol. The van der Waals surface area contributed by atoms with Crippen molar-refractivity contribution in [3.05, 3.63) is 25.3 Å². The van der Waals surface area contributed by atoms with E-state index in [0.29, 0.717) is 51.4 Å². The van der Waals surface area contributed by atoms with Crippen LogP contribution in [0.5, 0.6) is 0 Å². The molecule has 2 unspecified atom stereocenters. The minimum Gasteiger partial charge on any atom is -0.462 e. The Labute approximate surface area is 702 Å². The van der Waals surface area contributed by atoms with Crippen molar-refractivity contribution in [1.29, 1.82) is 0 Å². The summed E-state index contributed by atoms with van der Waals surface area (Å²) in [6.45, 7) is 19.1. The van der Waals surface area contributed by atoms with Crippen LogP contribution < -0.4 is 21.3 Å². The monoisotopic (exact) mass is 1670 g/mol. The van der Waals surface area contributed by atoms with Crippen molar-refractivity contribution in [3.63, 3.8) is 0 Å². The Hall–Kier alpha value is -3.56. The molecule has 115 heavy (non-hydrogen) atoms. The Morgan fingerprint density at radius 1 is 0.296 bits per heavy atom. The van der Waals surface area contributed by atoms with Crippen molar-refractivity contribution in [2.75, 3.05) is 79.2 Å². The fourth-order valence-corrected chi connectivity index (χ4v) is 16.0. The van der Waals surface area contributed by atoms with Crippen molar-refractivity contribution in [2.24, 2.45) is 0 Å². The summed E-state index contributed by atoms with van der Waals surface area (Å²) in [6, 6.07) is -1.52. The lowest BCUT2D eigenvalue weighted by molar-refractivity contribution is -0.151. The van der Waals surface area contributed by atoms with E-state index in [1.807, 2.05) is 0 Å². The van der Waals surface area contributed by atoms with E-state index in [0.717, 1.165) is 154 Å². The fourth-order valence-electron chi connectivity index (χ4n) is 13.6. The summed E-state index contributed by atoms with van der Waals surface area (Å²) in [7, 11) is -8.69. The van der Waals surface area contributed by atoms with Crippen molar-refractivity contribution < 1.29 is 84.0 Å². The van der Waals surface area contributed by atoms with Crippen LogP contribution >= 0.6 is 15.6 Å². The van der Waals surface area contributed by atoms with E-state index in [4.69, 9.17) is 46.1 Å². The first-order chi connectivity index (χ1) is 56.0. The van der Waals surface area contributed by atoms with Gasteiger partial charge in [0.15, 0.2) is 0 Å². The first-order valence-corrected chi connectivity index (χ1v) is 49.9. The minimum absolute atomic E-state index is 0.00135. The highest BCUT2D eigenvalue weighted by atomic mass is 31.2. The predicted octanol–water partition coefficient (Wildman–Crippen LogP) is 23.9. The molecule has 24 heteroatoms. The van der Waals surface area contributed by atoms with Crippen LogP contribution in [-0.4, -0.2) is 139 Å². The SMILES string of the molecule is C=CCOP(=O)(OCCNC(=O)CC(=O)NCCOP(=O)(OCC=C)OC[C@H](COCC[C@@H](CCCCCCC)OC(=O)CCCCCCCCCCC)NC(=O)CCCCCCCCCCCCC)OC[C@@H](COCC[C@@H](CCCCCCC)OC(=O)CCCCCCCCCCC)NC(=O)CCCCCCCCCCCCC. The number of nitrogens with one attached hydrogen (secondary N) is 4. The second-order valence-corrected chi connectivity index (χ2v) is 35.1. The molecule has 676 valence electrons. The third-order valence-electron chi connectivity index (χ3n) is 20.6. The van der Waals surface area contributed by atoms with Gasteiger partial charge in [-0.05, 0) is 51.4 Å². The van der Waals surface area contributed by atoms with Gasteiger partial charge < -0.3 is 40.2 Å². The van der Waals surface area contributed by atoms with Gasteiger partial charge in [-0.25, -0.2) is 9.13 Å². The number of rotatable bonds is 92. The van der Waals surface area contributed by atoms with Gasteiger partial charge in [-0.2, -0.15) is 0 Å². The molecule has 0 saturated heterocycles. The third-order valence-corrected chi connectivity index (χ3v) is 23.5. The number of phosphoric acid groups is 2. The number of amides is 4. The highest BCUT2D eigenvalue weighted by molar-refractivity contribution is 7.48. The number of phosphoric ester groups is 2. The van der Waals surface area contributed by atoms with E-state index in [2.05, 4.69) is 76.0 Å². The van der Waals surface area contributed by atoms with Crippen molar-refractivity contribution >= 4 is 51.2 Å². The van der Waals surface area contributed by atoms with Gasteiger partial charge in [0.05, 0.1) is 78.2 Å². The second-order valence-electron chi connectivity index (χ2n) is 31.8. The first kappa shape index (κ1) is 111. The van der Waals surface area contributed by atoms with Gasteiger partial charge in [0.2, 0.25) is 23.6 Å². The zero-order valence-electron chi connectivity index (χ0n) is 74.3. The molecular weight excluding hydrogens is 1500 g/mol. The topological polar surface area (TPSA) is 277 Å². The Kier molecular flexibility index (Phi) is 81.5. The molecule has 0 aromatic rings. The number of hydrogen-bond donors (Lipinski definition) is 4. The molecule has 0 aliphatic heterocycles. The van der Waals surface area contributed by atoms with Crippen LogP contribution in [0.3, 0.4) is 0 Å². The fraction of sp³-hybridized carbons (Fsp3) is 0.890. The summed E-state index contributed by atoms with van der Waals surface area (Å²) < 4.78 is 87.0. The molecule has 0 aromatic carbocycles. The van der Waals surface area contributed by atoms with Crippen molar-refractivity contribution in [1.82, 2.24) is 21.3 Å². The summed E-state index contributed by atoms with van der Waals surface area (Å²) in [5.41, 5.74) is 0. The maximum atomic E-state index is 14.2. The Morgan fingerprint density at radius 3 is 0.835 bits per heavy atom. The van der Waals surface area contributed by atoms with E-state index >= 15 is 0 Å². The molecule has 0 rings (SSSR count). The number of ether oxygens (including phenoxy) is 4. The number of carbonyl (C=O) groups excluding carboxylic acids is 6. The van der Waals surface area contributed by atoms with E-state index in [1.54, 1.807) is 0 Å². The summed E-state index contributed by atoms with van der Waals surface area (Å²) in [6.07, 6.45) is 62.2. The standard InChI is InChI=1S/C91H174N4O18P2/c1-9-17-23-29-33-37-39-43-45-51-57-63-86(96)94-82(78-104-73-67-84(61-55-49-27-21-13-5)112-90(100)65-59-53-47-41-35-31-25-19-11-3)80-110-114(102,106-71-15-7)108-75-69-92-88(98)77-89(99)93-70-76-109-115(103,107-72-16-8)111-81-83(95-87(97)64-58-52-46-44-40-38-34-30-24-18-10-2)79-105-74-68-85(62-56-50-28-22-14-6)113-91(101)66-60-54-48-42-36-32-26-20-12-4/h15-16,82-85H,7-14,17-81H2,1-6H3,(H,92,98)(H,93,99)(H,94,96)(H,95,97)/t82-,83+,84-,85-,114?,115?/m1/s1. The zero-order valence-corrected chi connectivity index (χ0v) is 76.1. The maximum Gasteiger partial charge on any atom is 0.475 e. The maximum absolute atomic E-state index is 14.2. The average Bonchev–Trinajstić information content (AvgIpc) is 0.888. The Morgan fingerprint density at radius 2 is 0.557 bits per heavy atom. The molecule has 4 N–H and O–H groups in total. The lowest BCUT2D eigenvalue weighted by Crippen LogP contribution is -2.41. The molecular formula is C91H174N4O18P2. The quantitative estimate of drug-likeness (QED) is 0.0145. The van der Waals surface area contributed by atoms with Crippen LogP contribution in [-0.2, 0) is 84.0 Å². The summed E-state index contributed by atoms with van der Waals surface area (Å²) >= 11 is 0. The van der Waals surface area contributed by atoms with Gasteiger partial charge in [-0.15, -0.1) is 13.2 Å². The van der Waals surface area contributed by atoms with Gasteiger partial charge >= 0.3 is 27.6 Å². The van der Waals surface area contributed by atoms with Crippen LogP contribution in [0, 0.1) is 0 Å². The molecule has 0 aliphatic rings. The number of carbonyl (C=O) groups is 6. The summed E-state index contributed by atoms with van der Waals surface area (Å²) in [5, 5.41) is 11.2. The van der Waals surface area contributed by atoms with Crippen LogP contribution in [0.1, 0.15) is 420 Å². The normalized spacial score (nSPS) is 13.6. The zero-order chi connectivity index (χ0) is 84.3. The number of unbranched alkanes of at least 4 members (excludes halogenated alkanes) is 44. The summed E-state index contributed by atoms with van der Waals surface area (Å²) in [4.78, 5) is 79.4. The second kappa shape index (κ2) is 84.1. The molecule has 0 spiro atoms. The number of hydrogen-bond acceptors (Lipinski definition) is 18. The van der Waals surface area contributed by atoms with E-state index in [9.17, 15) is 37.9 Å². The Bertz CT molecular complexity index is 2240. The first-order valence-electron chi connectivity index (χ1n) is 47.0. The third kappa shape index (κ3) is 76.3. The van der Waals surface area contributed by atoms with Crippen LogP contribution in [0.25, 0.3) is 0 Å². The lowest BCUT2D eigenvalue weighted by atomic mass is 10.1. The van der Waals surface area contributed by atoms with Gasteiger partial charge in [0, 0.05) is 51.6 Å². The highest BCUT2D eigenvalue weighted by Crippen LogP contribution is 2.50. The van der Waals surface area contributed by atoms with Crippen LogP contribution in [0.2, 0.25) is 0 Å². The minimum atomic E-state index is -4.35. The van der Waals surface area contributed by atoms with E-state index in [1.165, 1.54) is 179 Å². The van der Waals surface area contributed by atoms with E-state index in [-0.39, 0.29) is 115 Å². The molecule has 0 aromatic heterocycles. The smallest absolute Gasteiger partial charge is 0.462 e. The van der Waals surface area contributed by atoms with Gasteiger partial charge in [0.1, 0.15) is 18.6 Å². The molecule has 0 saturated carbocycles. The summed E-state index contributed by atoms with van der Waals surface area (Å²) in [5.74, 6) is -2.14. The van der Waals surface area contributed by atoms with Crippen LogP contribution in [0.15, 0.2) is 25.3 Å². The molecule has 4 amide bonds. The molecule has 6 atom stereocenters. The molecule has 0 aliphatic carbocycles. The predicted molar refractivity (Wildman–Crippen MR) is 469 cm³/mol. The highest BCUT2D eigenvalue weighted by Gasteiger charge is 2.31. The van der Waals surface area contributed by atoms with Gasteiger partial charge in [-0.3, -0.25) is 55.9 Å².